The third-order valence-corrected chi connectivity index (χ3v) is 2.21. The van der Waals surface area contributed by atoms with Crippen LogP contribution in [0.1, 0.15) is 18.1 Å². The number of benzene rings is 1. The number of carbonyl (C=O) groups excluding carboxylic acids is 1. The van der Waals surface area contributed by atoms with Gasteiger partial charge in [0.2, 0.25) is 0 Å². The highest BCUT2D eigenvalue weighted by Crippen LogP contribution is 2.28. The molecule has 1 heterocycles. The molecule has 0 saturated heterocycles. The van der Waals surface area contributed by atoms with Crippen molar-refractivity contribution in [2.75, 3.05) is 0 Å². The van der Waals surface area contributed by atoms with Gasteiger partial charge in [-0.05, 0) is 6.07 Å². The summed E-state index contributed by atoms with van der Waals surface area (Å²) in [7, 11) is 0. The lowest BCUT2D eigenvalue weighted by molar-refractivity contribution is -0.118. The summed E-state index contributed by atoms with van der Waals surface area (Å²) in [5.41, 5.74) is 0.0766. The van der Waals surface area contributed by atoms with Crippen LogP contribution in [0.2, 0.25) is 0 Å². The summed E-state index contributed by atoms with van der Waals surface area (Å²) >= 11 is 0. The molecule has 78 valence electrons. The van der Waals surface area contributed by atoms with Crippen molar-refractivity contribution in [3.05, 3.63) is 47.7 Å². The molecule has 1 unspecified atom stereocenters. The normalized spacial score (nSPS) is 20.1. The Kier molecular flexibility index (Phi) is 2.49. The molecular formula is C11H8F2O2. The minimum Gasteiger partial charge on any atom is -0.493 e. The highest BCUT2D eigenvalue weighted by atomic mass is 19.2. The van der Waals surface area contributed by atoms with Gasteiger partial charge in [-0.25, -0.2) is 8.78 Å². The van der Waals surface area contributed by atoms with Crippen LogP contribution < -0.4 is 0 Å². The number of hydrogen-bond acceptors (Lipinski definition) is 2. The van der Waals surface area contributed by atoms with Crippen molar-refractivity contribution < 1.29 is 18.3 Å². The Labute approximate surface area is 85.2 Å². The zero-order chi connectivity index (χ0) is 10.8. The van der Waals surface area contributed by atoms with Crippen molar-refractivity contribution >= 4 is 5.78 Å². The molecule has 0 aliphatic carbocycles. The van der Waals surface area contributed by atoms with Gasteiger partial charge in [-0.3, -0.25) is 4.79 Å². The van der Waals surface area contributed by atoms with Crippen molar-refractivity contribution in [2.45, 2.75) is 12.5 Å². The van der Waals surface area contributed by atoms with Crippen LogP contribution >= 0.6 is 0 Å². The van der Waals surface area contributed by atoms with Gasteiger partial charge in [-0.15, -0.1) is 0 Å². The lowest BCUT2D eigenvalue weighted by Crippen LogP contribution is -2.13. The largest absolute Gasteiger partial charge is 0.493 e. The maximum Gasteiger partial charge on any atom is 0.165 e. The second-order valence-corrected chi connectivity index (χ2v) is 3.24. The Balaban J connectivity index is 2.34. The molecule has 1 atom stereocenters. The monoisotopic (exact) mass is 210 g/mol. The summed E-state index contributed by atoms with van der Waals surface area (Å²) in [6.07, 6.45) is 1.80. The van der Waals surface area contributed by atoms with Crippen LogP contribution in [0.5, 0.6) is 0 Å². The predicted molar refractivity (Wildman–Crippen MR) is 48.9 cm³/mol. The van der Waals surface area contributed by atoms with Crippen LogP contribution in [-0.2, 0) is 9.53 Å². The molecule has 0 amide bonds. The third-order valence-electron chi connectivity index (χ3n) is 2.21. The van der Waals surface area contributed by atoms with Crippen LogP contribution in [-0.4, -0.2) is 5.78 Å². The summed E-state index contributed by atoms with van der Waals surface area (Å²) in [5.74, 6) is -2.04. The first-order chi connectivity index (χ1) is 7.18. The molecule has 1 aliphatic heterocycles. The standard InChI is InChI=1S/C11H8F2O2/c12-9-3-1-2-8(11(9)13)10-6-7(14)4-5-15-10/h1-5,10H,6H2. The molecule has 0 bridgehead atoms. The van der Waals surface area contributed by atoms with Gasteiger partial charge in [0.05, 0.1) is 12.7 Å². The maximum atomic E-state index is 13.3. The molecule has 1 aromatic carbocycles. The van der Waals surface area contributed by atoms with Gasteiger partial charge in [0.15, 0.2) is 17.4 Å². The van der Waals surface area contributed by atoms with Crippen LogP contribution in [0.15, 0.2) is 30.5 Å². The first-order valence-corrected chi connectivity index (χ1v) is 4.47. The van der Waals surface area contributed by atoms with Gasteiger partial charge in [0, 0.05) is 11.6 Å². The molecule has 0 spiro atoms. The molecule has 2 rings (SSSR count). The number of carbonyl (C=O) groups is 1. The number of rotatable bonds is 1. The Bertz CT molecular complexity index is 427. The van der Waals surface area contributed by atoms with Crippen LogP contribution in [0.25, 0.3) is 0 Å². The molecule has 15 heavy (non-hydrogen) atoms. The summed E-state index contributed by atoms with van der Waals surface area (Å²) in [4.78, 5) is 11.1. The molecule has 0 saturated carbocycles. The van der Waals surface area contributed by atoms with E-state index in [0.29, 0.717) is 0 Å². The predicted octanol–water partition coefficient (Wildman–Crippen LogP) is 2.51. The molecule has 2 nitrogen and oxygen atoms in total. The molecule has 4 heteroatoms. The Hall–Kier alpha value is -1.71. The van der Waals surface area contributed by atoms with E-state index < -0.39 is 17.7 Å². The van der Waals surface area contributed by atoms with Crippen LogP contribution in [0.4, 0.5) is 8.78 Å². The van der Waals surface area contributed by atoms with E-state index in [2.05, 4.69) is 0 Å². The summed E-state index contributed by atoms with van der Waals surface area (Å²) in [5, 5.41) is 0. The van der Waals surface area contributed by atoms with Gasteiger partial charge in [0.1, 0.15) is 6.10 Å². The Morgan fingerprint density at radius 1 is 1.33 bits per heavy atom. The van der Waals surface area contributed by atoms with E-state index in [1.54, 1.807) is 0 Å². The maximum absolute atomic E-state index is 13.3. The van der Waals surface area contributed by atoms with Crippen molar-refractivity contribution in [1.82, 2.24) is 0 Å². The van der Waals surface area contributed by atoms with E-state index >= 15 is 0 Å². The quantitative estimate of drug-likeness (QED) is 0.711. The first kappa shape index (κ1) is 9.83. The lowest BCUT2D eigenvalue weighted by atomic mass is 10.0. The van der Waals surface area contributed by atoms with Gasteiger partial charge < -0.3 is 4.74 Å². The van der Waals surface area contributed by atoms with E-state index in [1.807, 2.05) is 0 Å². The fourth-order valence-electron chi connectivity index (χ4n) is 1.46. The molecule has 1 aliphatic rings. The molecule has 1 aromatic rings. The van der Waals surface area contributed by atoms with Gasteiger partial charge in [-0.2, -0.15) is 0 Å². The summed E-state index contributed by atoms with van der Waals surface area (Å²) in [6, 6.07) is 3.83. The summed E-state index contributed by atoms with van der Waals surface area (Å²) < 4.78 is 31.3. The average Bonchev–Trinajstić information content (AvgIpc) is 2.22. The zero-order valence-electron chi connectivity index (χ0n) is 7.74. The number of hydrogen-bond donors (Lipinski definition) is 0. The lowest BCUT2D eigenvalue weighted by Gasteiger charge is -2.19. The van der Waals surface area contributed by atoms with Gasteiger partial charge in [-0.1, -0.05) is 12.1 Å². The molecular weight excluding hydrogens is 202 g/mol. The minimum absolute atomic E-state index is 0.0386. The fraction of sp³-hybridized carbons (Fsp3) is 0.182. The number of halogens is 2. The topological polar surface area (TPSA) is 26.3 Å². The van der Waals surface area contributed by atoms with Crippen LogP contribution in [0, 0.1) is 11.6 Å². The number of allylic oxidation sites excluding steroid dienone is 1. The van der Waals surface area contributed by atoms with Crippen LogP contribution in [0.3, 0.4) is 0 Å². The smallest absolute Gasteiger partial charge is 0.165 e. The van der Waals surface area contributed by atoms with E-state index in [0.717, 1.165) is 6.07 Å². The van der Waals surface area contributed by atoms with Gasteiger partial charge in [0.25, 0.3) is 0 Å². The summed E-state index contributed by atoms with van der Waals surface area (Å²) in [6.45, 7) is 0. The third kappa shape index (κ3) is 1.88. The SMILES string of the molecule is O=C1C=COC(c2cccc(F)c2F)C1. The minimum atomic E-state index is -0.953. The number of ketones is 1. The van der Waals surface area contributed by atoms with Crippen molar-refractivity contribution in [3.8, 4) is 0 Å². The van der Waals surface area contributed by atoms with E-state index in [1.165, 1.54) is 24.5 Å². The Morgan fingerprint density at radius 3 is 2.87 bits per heavy atom. The highest BCUT2D eigenvalue weighted by Gasteiger charge is 2.23. The highest BCUT2D eigenvalue weighted by molar-refractivity contribution is 5.90. The van der Waals surface area contributed by atoms with E-state index in [9.17, 15) is 13.6 Å². The second kappa shape index (κ2) is 3.81. The first-order valence-electron chi connectivity index (χ1n) is 4.47. The zero-order valence-corrected chi connectivity index (χ0v) is 7.74. The van der Waals surface area contributed by atoms with Crippen molar-refractivity contribution in [2.24, 2.45) is 0 Å². The Morgan fingerprint density at radius 2 is 2.13 bits per heavy atom. The van der Waals surface area contributed by atoms with Crippen molar-refractivity contribution in [1.29, 1.82) is 0 Å². The van der Waals surface area contributed by atoms with E-state index in [-0.39, 0.29) is 17.8 Å². The molecule has 0 radical (unpaired) electrons. The van der Waals surface area contributed by atoms with Crippen molar-refractivity contribution in [3.63, 3.8) is 0 Å². The molecule has 0 aromatic heterocycles. The number of ether oxygens (including phenoxy) is 1. The fourth-order valence-corrected chi connectivity index (χ4v) is 1.46. The van der Waals surface area contributed by atoms with E-state index in [4.69, 9.17) is 4.74 Å². The molecule has 0 fully saturated rings. The van der Waals surface area contributed by atoms with Gasteiger partial charge >= 0.3 is 0 Å². The average molecular weight is 210 g/mol. The molecule has 0 N–H and O–H groups in total. The second-order valence-electron chi connectivity index (χ2n) is 3.24.